The Kier molecular flexibility index (Phi) is 6.54. The van der Waals surface area contributed by atoms with E-state index in [4.69, 9.17) is 10.5 Å². The normalized spacial score (nSPS) is 10.3. The highest BCUT2D eigenvalue weighted by molar-refractivity contribution is 5.47. The van der Waals surface area contributed by atoms with E-state index >= 15 is 0 Å². The first-order chi connectivity index (χ1) is 7.86. The van der Waals surface area contributed by atoms with Crippen LogP contribution in [0.25, 0.3) is 6.08 Å². The van der Waals surface area contributed by atoms with Crippen molar-refractivity contribution in [3.63, 3.8) is 0 Å². The van der Waals surface area contributed by atoms with Gasteiger partial charge >= 0.3 is 0 Å². The molecule has 0 unspecified atom stereocenters. The molecule has 1 aromatic rings. The molecule has 0 aliphatic rings. The summed E-state index contributed by atoms with van der Waals surface area (Å²) in [7, 11) is 0. The van der Waals surface area contributed by atoms with Gasteiger partial charge in [-0.2, -0.15) is 0 Å². The van der Waals surface area contributed by atoms with E-state index in [1.165, 1.54) is 5.56 Å². The molecule has 0 fully saturated rings. The van der Waals surface area contributed by atoms with Crippen molar-refractivity contribution in [1.82, 2.24) is 0 Å². The Labute approximate surface area is 98.1 Å². The Morgan fingerprint density at radius 3 is 2.50 bits per heavy atom. The van der Waals surface area contributed by atoms with Gasteiger partial charge in [0.25, 0.3) is 0 Å². The second-order valence-electron chi connectivity index (χ2n) is 3.85. The predicted octanol–water partition coefficient (Wildman–Crippen LogP) is 2.98. The molecule has 0 atom stereocenters. The first-order valence-corrected chi connectivity index (χ1v) is 5.86. The van der Waals surface area contributed by atoms with E-state index < -0.39 is 0 Å². The van der Waals surface area contributed by atoms with Gasteiger partial charge in [0.05, 0.1) is 6.61 Å². The molecule has 2 nitrogen and oxygen atoms in total. The van der Waals surface area contributed by atoms with Crippen LogP contribution in [0.1, 0.15) is 30.4 Å². The largest absolute Gasteiger partial charge is 0.377 e. The Morgan fingerprint density at radius 2 is 1.88 bits per heavy atom. The highest BCUT2D eigenvalue weighted by atomic mass is 16.5. The van der Waals surface area contributed by atoms with Crippen LogP contribution in [-0.4, -0.2) is 13.2 Å². The van der Waals surface area contributed by atoms with Gasteiger partial charge in [0.1, 0.15) is 0 Å². The summed E-state index contributed by atoms with van der Waals surface area (Å²) in [4.78, 5) is 0. The highest BCUT2D eigenvalue weighted by Gasteiger charge is 1.93. The van der Waals surface area contributed by atoms with E-state index in [2.05, 4.69) is 30.8 Å². The second kappa shape index (κ2) is 8.08. The Morgan fingerprint density at radius 1 is 1.12 bits per heavy atom. The van der Waals surface area contributed by atoms with Crippen LogP contribution in [0.4, 0.5) is 0 Å². The molecule has 16 heavy (non-hydrogen) atoms. The number of rotatable bonds is 8. The molecule has 0 saturated carbocycles. The summed E-state index contributed by atoms with van der Waals surface area (Å²) in [5, 5.41) is 0. The summed E-state index contributed by atoms with van der Waals surface area (Å²) >= 11 is 0. The van der Waals surface area contributed by atoms with Crippen LogP contribution in [0.3, 0.4) is 0 Å². The van der Waals surface area contributed by atoms with Crippen molar-refractivity contribution in [3.05, 3.63) is 42.0 Å². The standard InChI is InChI=1S/C14H21NO/c1-2-13-6-8-14(9-7-13)12-16-11-5-3-4-10-15/h2,6-9H,1,3-5,10-12,15H2. The maximum atomic E-state index is 5.57. The van der Waals surface area contributed by atoms with Gasteiger partial charge in [-0.15, -0.1) is 0 Å². The zero-order valence-corrected chi connectivity index (χ0v) is 9.82. The third-order valence-corrected chi connectivity index (χ3v) is 2.48. The summed E-state index contributed by atoms with van der Waals surface area (Å²) in [5.74, 6) is 0. The lowest BCUT2D eigenvalue weighted by molar-refractivity contribution is 0.117. The average molecular weight is 219 g/mol. The molecule has 2 heteroatoms. The van der Waals surface area contributed by atoms with Gasteiger partial charge in [-0.25, -0.2) is 0 Å². The van der Waals surface area contributed by atoms with Gasteiger partial charge in [0.2, 0.25) is 0 Å². The second-order valence-corrected chi connectivity index (χ2v) is 3.85. The molecular formula is C14H21NO. The zero-order chi connectivity index (χ0) is 11.6. The molecule has 0 radical (unpaired) electrons. The fraction of sp³-hybridized carbons (Fsp3) is 0.429. The van der Waals surface area contributed by atoms with Crippen LogP contribution in [-0.2, 0) is 11.3 Å². The van der Waals surface area contributed by atoms with Gasteiger partial charge in [0.15, 0.2) is 0 Å². The van der Waals surface area contributed by atoms with Crippen molar-refractivity contribution in [1.29, 1.82) is 0 Å². The summed E-state index contributed by atoms with van der Waals surface area (Å²) in [6.45, 7) is 6.02. The number of nitrogens with two attached hydrogens (primary N) is 1. The molecule has 0 bridgehead atoms. The van der Waals surface area contributed by atoms with Crippen LogP contribution < -0.4 is 5.73 Å². The smallest absolute Gasteiger partial charge is 0.0716 e. The van der Waals surface area contributed by atoms with E-state index in [-0.39, 0.29) is 0 Å². The molecule has 2 N–H and O–H groups in total. The first-order valence-electron chi connectivity index (χ1n) is 5.86. The molecule has 0 amide bonds. The Balaban J connectivity index is 2.14. The molecular weight excluding hydrogens is 198 g/mol. The van der Waals surface area contributed by atoms with Crippen molar-refractivity contribution in [2.75, 3.05) is 13.2 Å². The molecule has 1 aromatic carbocycles. The van der Waals surface area contributed by atoms with E-state index in [1.807, 2.05) is 6.08 Å². The minimum absolute atomic E-state index is 0.694. The molecule has 0 aromatic heterocycles. The van der Waals surface area contributed by atoms with Crippen molar-refractivity contribution in [3.8, 4) is 0 Å². The topological polar surface area (TPSA) is 35.2 Å². The average Bonchev–Trinajstić information content (AvgIpc) is 2.34. The summed E-state index contributed by atoms with van der Waals surface area (Å²) in [6.07, 6.45) is 5.20. The summed E-state index contributed by atoms with van der Waals surface area (Å²) in [5.41, 5.74) is 7.77. The fourth-order valence-electron chi connectivity index (χ4n) is 1.47. The molecule has 0 heterocycles. The summed E-state index contributed by atoms with van der Waals surface area (Å²) in [6, 6.07) is 8.27. The van der Waals surface area contributed by atoms with Crippen molar-refractivity contribution >= 4 is 6.08 Å². The van der Waals surface area contributed by atoms with Gasteiger partial charge in [-0.3, -0.25) is 0 Å². The molecule has 1 rings (SSSR count). The molecule has 88 valence electrons. The number of hydrogen-bond donors (Lipinski definition) is 1. The van der Waals surface area contributed by atoms with Gasteiger partial charge in [-0.05, 0) is 36.9 Å². The third kappa shape index (κ3) is 5.10. The van der Waals surface area contributed by atoms with Crippen LogP contribution in [0.2, 0.25) is 0 Å². The van der Waals surface area contributed by atoms with E-state index in [1.54, 1.807) is 0 Å². The predicted molar refractivity (Wildman–Crippen MR) is 69.1 cm³/mol. The minimum atomic E-state index is 0.694. The van der Waals surface area contributed by atoms with Gasteiger partial charge in [0, 0.05) is 6.61 Å². The van der Waals surface area contributed by atoms with Gasteiger partial charge < -0.3 is 10.5 Å². The molecule has 0 aliphatic carbocycles. The lowest BCUT2D eigenvalue weighted by atomic mass is 10.1. The Hall–Kier alpha value is -1.12. The van der Waals surface area contributed by atoms with E-state index in [0.29, 0.717) is 6.61 Å². The SMILES string of the molecule is C=Cc1ccc(COCCCCCN)cc1. The number of ether oxygens (including phenoxy) is 1. The minimum Gasteiger partial charge on any atom is -0.377 e. The molecule has 0 spiro atoms. The lowest BCUT2D eigenvalue weighted by Crippen LogP contribution is -2.00. The quantitative estimate of drug-likeness (QED) is 0.682. The van der Waals surface area contributed by atoms with E-state index in [9.17, 15) is 0 Å². The monoisotopic (exact) mass is 219 g/mol. The van der Waals surface area contributed by atoms with Crippen LogP contribution in [0.5, 0.6) is 0 Å². The number of benzene rings is 1. The van der Waals surface area contributed by atoms with Crippen molar-refractivity contribution in [2.24, 2.45) is 5.73 Å². The van der Waals surface area contributed by atoms with Crippen molar-refractivity contribution < 1.29 is 4.74 Å². The third-order valence-electron chi connectivity index (χ3n) is 2.48. The molecule has 0 saturated heterocycles. The van der Waals surface area contributed by atoms with Gasteiger partial charge in [-0.1, -0.05) is 36.9 Å². The molecule has 0 aliphatic heterocycles. The summed E-state index contributed by atoms with van der Waals surface area (Å²) < 4.78 is 5.57. The number of hydrogen-bond acceptors (Lipinski definition) is 2. The van der Waals surface area contributed by atoms with Crippen molar-refractivity contribution in [2.45, 2.75) is 25.9 Å². The van der Waals surface area contributed by atoms with Crippen LogP contribution >= 0.6 is 0 Å². The van der Waals surface area contributed by atoms with E-state index in [0.717, 1.165) is 38.0 Å². The fourth-order valence-corrected chi connectivity index (χ4v) is 1.47. The number of unbranched alkanes of at least 4 members (excludes halogenated alkanes) is 2. The lowest BCUT2D eigenvalue weighted by Gasteiger charge is -2.04. The van der Waals surface area contributed by atoms with Crippen LogP contribution in [0.15, 0.2) is 30.8 Å². The Bertz CT molecular complexity index is 292. The van der Waals surface area contributed by atoms with Crippen LogP contribution in [0, 0.1) is 0 Å². The first kappa shape index (κ1) is 12.9. The maximum absolute atomic E-state index is 5.57. The maximum Gasteiger partial charge on any atom is 0.0716 e. The zero-order valence-electron chi connectivity index (χ0n) is 9.82. The highest BCUT2D eigenvalue weighted by Crippen LogP contribution is 2.07.